The van der Waals surface area contributed by atoms with Gasteiger partial charge in [-0.3, -0.25) is 10.1 Å². The first kappa shape index (κ1) is 21.9. The number of hydrogen-bond acceptors (Lipinski definition) is 4. The van der Waals surface area contributed by atoms with Crippen LogP contribution in [0.15, 0.2) is 28.8 Å². The summed E-state index contributed by atoms with van der Waals surface area (Å²) in [6.45, 7) is 9.96. The summed E-state index contributed by atoms with van der Waals surface area (Å²) in [5, 5.41) is 13.7. The Hall–Kier alpha value is -3.29. The van der Waals surface area contributed by atoms with Crippen molar-refractivity contribution in [2.24, 2.45) is 0 Å². The zero-order valence-corrected chi connectivity index (χ0v) is 19.3. The maximum atomic E-state index is 12.5. The Morgan fingerprint density at radius 2 is 2.00 bits per heavy atom. The summed E-state index contributed by atoms with van der Waals surface area (Å²) in [6.07, 6.45) is 2.37. The second kappa shape index (κ2) is 8.33. The molecule has 1 atom stereocenters. The lowest BCUT2D eigenvalue weighted by atomic mass is 9.91. The monoisotopic (exact) mass is 437 g/mol. The number of carbonyl (C=O) groups excluding carboxylic acids is 2. The van der Waals surface area contributed by atoms with Crippen LogP contribution in [0.3, 0.4) is 0 Å². The first-order chi connectivity index (χ1) is 15.1. The van der Waals surface area contributed by atoms with Gasteiger partial charge in [-0.2, -0.15) is 0 Å². The predicted octanol–water partition coefficient (Wildman–Crippen LogP) is 4.27. The van der Waals surface area contributed by atoms with E-state index < -0.39 is 0 Å². The summed E-state index contributed by atoms with van der Waals surface area (Å²) in [7, 11) is 0. The summed E-state index contributed by atoms with van der Waals surface area (Å²) < 4.78 is 5.33. The van der Waals surface area contributed by atoms with Crippen molar-refractivity contribution in [1.82, 2.24) is 20.8 Å². The number of benzene rings is 1. The minimum Gasteiger partial charge on any atom is -0.359 e. The fourth-order valence-electron chi connectivity index (χ4n) is 4.05. The number of amides is 3. The lowest BCUT2D eigenvalue weighted by Gasteiger charge is -2.23. The third-order valence-electron chi connectivity index (χ3n) is 5.70. The van der Waals surface area contributed by atoms with Crippen LogP contribution in [0.2, 0.25) is 0 Å². The summed E-state index contributed by atoms with van der Waals surface area (Å²) in [5.41, 5.74) is 3.81. The third-order valence-corrected chi connectivity index (χ3v) is 5.70. The third kappa shape index (κ3) is 4.64. The van der Waals surface area contributed by atoms with Gasteiger partial charge >= 0.3 is 6.03 Å². The van der Waals surface area contributed by atoms with Crippen LogP contribution in [0.5, 0.6) is 0 Å². The number of nitrogens with one attached hydrogen (secondary N) is 4. The highest BCUT2D eigenvalue weighted by atomic mass is 16.5. The number of aromatic amines is 1. The Kier molecular flexibility index (Phi) is 5.71. The van der Waals surface area contributed by atoms with Gasteiger partial charge < -0.3 is 20.1 Å². The molecule has 1 unspecified atom stereocenters. The maximum absolute atomic E-state index is 12.5. The number of rotatable bonds is 4. The molecule has 0 fully saturated rings. The maximum Gasteiger partial charge on any atom is 0.320 e. The minimum atomic E-state index is -0.302. The Morgan fingerprint density at radius 3 is 2.69 bits per heavy atom. The van der Waals surface area contributed by atoms with Gasteiger partial charge in [-0.15, -0.1) is 0 Å². The minimum absolute atomic E-state index is 0.0105. The van der Waals surface area contributed by atoms with Gasteiger partial charge in [-0.05, 0) is 56.9 Å². The molecule has 1 aliphatic carbocycles. The van der Waals surface area contributed by atoms with Crippen molar-refractivity contribution in [3.63, 3.8) is 0 Å². The molecule has 0 saturated carbocycles. The van der Waals surface area contributed by atoms with Gasteiger partial charge in [-0.25, -0.2) is 4.79 Å². The quantitative estimate of drug-likeness (QED) is 0.488. The van der Waals surface area contributed by atoms with Crippen molar-refractivity contribution < 1.29 is 14.1 Å². The van der Waals surface area contributed by atoms with E-state index in [4.69, 9.17) is 4.52 Å². The molecule has 8 nitrogen and oxygen atoms in total. The molecule has 4 N–H and O–H groups in total. The number of aromatic nitrogens is 2. The van der Waals surface area contributed by atoms with Crippen LogP contribution in [0.4, 0.5) is 10.6 Å². The number of nitrogens with zero attached hydrogens (tertiary/aromatic N) is 1. The predicted molar refractivity (Wildman–Crippen MR) is 124 cm³/mol. The van der Waals surface area contributed by atoms with Gasteiger partial charge in [0.2, 0.25) is 0 Å². The SMILES string of the molecule is CC(C)NC(=O)c1ccc2[nH]c3c(c2c1)CC(NC(=O)Nc1cc(C(C)(C)C)on1)CC3. The molecule has 1 aliphatic rings. The van der Waals surface area contributed by atoms with E-state index in [2.05, 4.69) is 26.1 Å². The standard InChI is InChI=1S/C24H31N5O3/c1-13(2)25-22(30)14-6-8-18-16(10-14)17-11-15(7-9-19(17)27-18)26-23(31)28-21-12-20(32-29-21)24(3,4)5/h6,8,10,12-13,15,27H,7,9,11H2,1-5H3,(H,25,30)(H2,26,28,29,31). The lowest BCUT2D eigenvalue weighted by Crippen LogP contribution is -2.41. The fourth-order valence-corrected chi connectivity index (χ4v) is 4.05. The Balaban J connectivity index is 1.46. The van der Waals surface area contributed by atoms with Gasteiger partial charge in [0.15, 0.2) is 5.82 Å². The van der Waals surface area contributed by atoms with Gasteiger partial charge in [0.1, 0.15) is 5.76 Å². The molecule has 0 radical (unpaired) electrons. The molecular weight excluding hydrogens is 406 g/mol. The molecule has 0 aliphatic heterocycles. The van der Waals surface area contributed by atoms with E-state index in [-0.39, 0.29) is 29.4 Å². The van der Waals surface area contributed by atoms with Gasteiger partial charge in [0.05, 0.1) is 0 Å². The number of carbonyl (C=O) groups is 2. The number of fused-ring (bicyclic) bond motifs is 3. The van der Waals surface area contributed by atoms with Gasteiger partial charge in [-0.1, -0.05) is 25.9 Å². The molecule has 1 aromatic carbocycles. The van der Waals surface area contributed by atoms with E-state index in [0.29, 0.717) is 23.6 Å². The molecule has 0 spiro atoms. The number of urea groups is 1. The molecule has 3 aromatic rings. The molecule has 2 heterocycles. The van der Waals surface area contributed by atoms with Gasteiger partial charge in [0.25, 0.3) is 5.91 Å². The molecule has 3 amide bonds. The molecule has 8 heteroatoms. The first-order valence-corrected chi connectivity index (χ1v) is 11.1. The summed E-state index contributed by atoms with van der Waals surface area (Å²) in [5.74, 6) is 1.03. The summed E-state index contributed by atoms with van der Waals surface area (Å²) in [4.78, 5) is 28.4. The van der Waals surface area contributed by atoms with E-state index in [0.717, 1.165) is 29.3 Å². The molecular formula is C24H31N5O3. The average Bonchev–Trinajstić information content (AvgIpc) is 3.31. The van der Waals surface area contributed by atoms with Crippen LogP contribution in [-0.4, -0.2) is 34.2 Å². The molecule has 0 saturated heterocycles. The summed E-state index contributed by atoms with van der Waals surface area (Å²) in [6, 6.07) is 7.25. The number of H-pyrrole nitrogens is 1. The molecule has 170 valence electrons. The van der Waals surface area contributed by atoms with Crippen molar-refractivity contribution >= 4 is 28.7 Å². The highest BCUT2D eigenvalue weighted by Gasteiger charge is 2.25. The van der Waals surface area contributed by atoms with Crippen LogP contribution in [0.25, 0.3) is 10.9 Å². The number of hydrogen-bond donors (Lipinski definition) is 4. The molecule has 32 heavy (non-hydrogen) atoms. The lowest BCUT2D eigenvalue weighted by molar-refractivity contribution is 0.0943. The number of aryl methyl sites for hydroxylation is 1. The molecule has 2 aromatic heterocycles. The largest absolute Gasteiger partial charge is 0.359 e. The number of anilines is 1. The zero-order chi connectivity index (χ0) is 23.0. The second-order valence-corrected chi connectivity index (χ2v) is 9.84. The van der Waals surface area contributed by atoms with Crippen molar-refractivity contribution in [3.8, 4) is 0 Å². The zero-order valence-electron chi connectivity index (χ0n) is 19.3. The Morgan fingerprint density at radius 1 is 1.22 bits per heavy atom. The van der Waals surface area contributed by atoms with Crippen LogP contribution in [-0.2, 0) is 18.3 Å². The fraction of sp³-hybridized carbons (Fsp3) is 0.458. The van der Waals surface area contributed by atoms with Crippen LogP contribution in [0, 0.1) is 0 Å². The summed E-state index contributed by atoms with van der Waals surface area (Å²) >= 11 is 0. The van der Waals surface area contributed by atoms with E-state index in [9.17, 15) is 9.59 Å². The normalized spacial score (nSPS) is 16.1. The Labute approximate surface area is 187 Å². The van der Waals surface area contributed by atoms with Gasteiger partial charge in [0, 0.05) is 45.7 Å². The first-order valence-electron chi connectivity index (χ1n) is 11.1. The van der Waals surface area contributed by atoms with E-state index in [1.807, 2.05) is 52.8 Å². The van der Waals surface area contributed by atoms with Crippen LogP contribution in [0.1, 0.15) is 68.4 Å². The average molecular weight is 438 g/mol. The molecule has 4 rings (SSSR count). The van der Waals surface area contributed by atoms with Crippen LogP contribution < -0.4 is 16.0 Å². The highest BCUT2D eigenvalue weighted by Crippen LogP contribution is 2.30. The van der Waals surface area contributed by atoms with Crippen molar-refractivity contribution in [2.45, 2.75) is 71.4 Å². The van der Waals surface area contributed by atoms with E-state index in [1.165, 1.54) is 5.69 Å². The smallest absolute Gasteiger partial charge is 0.320 e. The highest BCUT2D eigenvalue weighted by molar-refractivity contribution is 5.99. The topological polar surface area (TPSA) is 112 Å². The second-order valence-electron chi connectivity index (χ2n) is 9.84. The van der Waals surface area contributed by atoms with Crippen molar-refractivity contribution in [1.29, 1.82) is 0 Å². The van der Waals surface area contributed by atoms with Crippen LogP contribution >= 0.6 is 0 Å². The van der Waals surface area contributed by atoms with Crippen molar-refractivity contribution in [3.05, 3.63) is 46.8 Å². The Bertz CT molecular complexity index is 1150. The van der Waals surface area contributed by atoms with E-state index in [1.54, 1.807) is 6.07 Å². The molecule has 0 bridgehead atoms. The van der Waals surface area contributed by atoms with Crippen molar-refractivity contribution in [2.75, 3.05) is 5.32 Å². The van der Waals surface area contributed by atoms with E-state index >= 15 is 0 Å².